The molecule has 1 aliphatic carbocycles. The zero-order chi connectivity index (χ0) is 9.71. The molecule has 0 saturated carbocycles. The number of hydrogen-bond acceptors (Lipinski definition) is 2. The van der Waals surface area contributed by atoms with Gasteiger partial charge in [0, 0.05) is 15.2 Å². The monoisotopic (exact) mass is 216 g/mol. The summed E-state index contributed by atoms with van der Waals surface area (Å²) in [5.41, 5.74) is 2.53. The highest BCUT2D eigenvalue weighted by atomic mass is 32.1. The predicted octanol–water partition coefficient (Wildman–Crippen LogP) is 3.90. The summed E-state index contributed by atoms with van der Waals surface area (Å²) in [5, 5.41) is 2.45. The molecular weight excluding hydrogens is 208 g/mol. The lowest BCUT2D eigenvalue weighted by Gasteiger charge is -2.07. The minimum Gasteiger partial charge on any atom is -0.143 e. The lowest BCUT2D eigenvalue weighted by Crippen LogP contribution is -1.82. The highest BCUT2D eigenvalue weighted by Crippen LogP contribution is 2.37. The Kier molecular flexibility index (Phi) is 1.70. The van der Waals surface area contributed by atoms with E-state index in [1.165, 1.54) is 16.5 Å². The number of rotatable bonds is 0. The van der Waals surface area contributed by atoms with Gasteiger partial charge in [-0.3, -0.25) is 0 Å². The van der Waals surface area contributed by atoms with Crippen LogP contribution >= 0.6 is 25.3 Å². The van der Waals surface area contributed by atoms with Crippen LogP contribution in [0.4, 0.5) is 0 Å². The van der Waals surface area contributed by atoms with Crippen LogP contribution in [0.5, 0.6) is 0 Å². The molecule has 0 radical (unpaired) electrons. The summed E-state index contributed by atoms with van der Waals surface area (Å²) >= 11 is 8.93. The maximum absolute atomic E-state index is 4.47. The predicted molar refractivity (Wildman–Crippen MR) is 67.4 cm³/mol. The highest BCUT2D eigenvalue weighted by Gasteiger charge is 2.12. The summed E-state index contributed by atoms with van der Waals surface area (Å²) < 4.78 is 0. The van der Waals surface area contributed by atoms with E-state index in [-0.39, 0.29) is 0 Å². The molecule has 0 spiro atoms. The van der Waals surface area contributed by atoms with Gasteiger partial charge in [-0.1, -0.05) is 24.3 Å². The molecular formula is C12H8S2. The fourth-order valence-corrected chi connectivity index (χ4v) is 2.67. The molecule has 0 aromatic heterocycles. The van der Waals surface area contributed by atoms with Crippen LogP contribution in [-0.4, -0.2) is 0 Å². The molecule has 0 unspecified atom stereocenters. The Morgan fingerprint density at radius 1 is 0.643 bits per heavy atom. The molecule has 0 aliphatic heterocycles. The van der Waals surface area contributed by atoms with Crippen molar-refractivity contribution < 1.29 is 0 Å². The first-order valence-corrected chi connectivity index (χ1v) is 5.32. The van der Waals surface area contributed by atoms with Crippen molar-refractivity contribution in [3.63, 3.8) is 0 Å². The Hall–Kier alpha value is -0.860. The van der Waals surface area contributed by atoms with E-state index in [9.17, 15) is 0 Å². The maximum Gasteiger partial charge on any atom is 0.0130 e. The minimum atomic E-state index is 0.999. The molecule has 2 aromatic carbocycles. The Labute approximate surface area is 93.5 Å². The zero-order valence-corrected chi connectivity index (χ0v) is 9.15. The van der Waals surface area contributed by atoms with Crippen molar-refractivity contribution in [1.29, 1.82) is 0 Å². The minimum absolute atomic E-state index is 0.999. The average Bonchev–Trinajstić information content (AvgIpc) is 2.58. The summed E-state index contributed by atoms with van der Waals surface area (Å²) in [6, 6.07) is 8.26. The second-order valence-electron chi connectivity index (χ2n) is 3.43. The lowest BCUT2D eigenvalue weighted by molar-refractivity contribution is 1.45. The van der Waals surface area contributed by atoms with Gasteiger partial charge in [-0.15, -0.1) is 25.3 Å². The van der Waals surface area contributed by atoms with E-state index in [0.717, 1.165) is 15.2 Å². The Morgan fingerprint density at radius 3 is 1.64 bits per heavy atom. The summed E-state index contributed by atoms with van der Waals surface area (Å²) in [6.07, 6.45) is 4.27. The molecule has 0 saturated heterocycles. The van der Waals surface area contributed by atoms with Gasteiger partial charge in [0.05, 0.1) is 0 Å². The molecule has 68 valence electrons. The van der Waals surface area contributed by atoms with E-state index in [0.29, 0.717) is 0 Å². The maximum atomic E-state index is 4.47. The van der Waals surface area contributed by atoms with Gasteiger partial charge >= 0.3 is 0 Å². The van der Waals surface area contributed by atoms with E-state index < -0.39 is 0 Å². The molecule has 0 nitrogen and oxygen atoms in total. The number of hydrogen-bond donors (Lipinski definition) is 2. The van der Waals surface area contributed by atoms with E-state index in [2.05, 4.69) is 49.5 Å². The third-order valence-electron chi connectivity index (χ3n) is 2.62. The third-order valence-corrected chi connectivity index (χ3v) is 3.37. The van der Waals surface area contributed by atoms with Crippen LogP contribution in [0.2, 0.25) is 0 Å². The normalized spacial score (nSPS) is 12.7. The molecule has 0 N–H and O–H groups in total. The molecule has 0 heterocycles. The molecule has 0 bridgehead atoms. The first kappa shape index (κ1) is 8.45. The molecule has 0 fully saturated rings. The van der Waals surface area contributed by atoms with Crippen molar-refractivity contribution in [2.75, 3.05) is 0 Å². The van der Waals surface area contributed by atoms with E-state index >= 15 is 0 Å². The van der Waals surface area contributed by atoms with Crippen LogP contribution in [0.25, 0.3) is 22.9 Å². The largest absolute Gasteiger partial charge is 0.143 e. The van der Waals surface area contributed by atoms with Gasteiger partial charge in [0.15, 0.2) is 0 Å². The van der Waals surface area contributed by atoms with Gasteiger partial charge in [0.25, 0.3) is 0 Å². The quantitative estimate of drug-likeness (QED) is 0.523. The van der Waals surface area contributed by atoms with Crippen molar-refractivity contribution in [2.45, 2.75) is 9.79 Å². The lowest BCUT2D eigenvalue weighted by atomic mass is 10.0. The smallest absolute Gasteiger partial charge is 0.0130 e. The molecule has 1 aliphatic rings. The van der Waals surface area contributed by atoms with Crippen molar-refractivity contribution >= 4 is 48.2 Å². The van der Waals surface area contributed by atoms with E-state index in [4.69, 9.17) is 0 Å². The van der Waals surface area contributed by atoms with Crippen LogP contribution < -0.4 is 0 Å². The standard InChI is InChI=1S/C12H8S2/c13-9-5-3-7-1-2-8-4-6-10(14)12(9)11(7)8/h1-6,13-14H. The second-order valence-corrected chi connectivity index (χ2v) is 4.39. The van der Waals surface area contributed by atoms with Crippen molar-refractivity contribution in [2.24, 2.45) is 0 Å². The van der Waals surface area contributed by atoms with Gasteiger partial charge in [-0.05, 0) is 28.6 Å². The van der Waals surface area contributed by atoms with Gasteiger partial charge in [0.1, 0.15) is 0 Å². The van der Waals surface area contributed by atoms with Crippen LogP contribution in [0.15, 0.2) is 34.1 Å². The van der Waals surface area contributed by atoms with Crippen LogP contribution in [-0.2, 0) is 0 Å². The molecule has 3 rings (SSSR count). The Bertz CT molecular complexity index is 521. The van der Waals surface area contributed by atoms with Crippen LogP contribution in [0.1, 0.15) is 11.1 Å². The van der Waals surface area contributed by atoms with Gasteiger partial charge in [-0.2, -0.15) is 0 Å². The first-order chi connectivity index (χ1) is 6.77. The van der Waals surface area contributed by atoms with Crippen molar-refractivity contribution in [3.05, 3.63) is 35.4 Å². The van der Waals surface area contributed by atoms with Crippen LogP contribution in [0, 0.1) is 0 Å². The van der Waals surface area contributed by atoms with Gasteiger partial charge in [0.2, 0.25) is 0 Å². The molecule has 0 amide bonds. The molecule has 2 aromatic rings. The Morgan fingerprint density at radius 2 is 1.14 bits per heavy atom. The molecule has 2 heteroatoms. The summed E-state index contributed by atoms with van der Waals surface area (Å²) in [5.74, 6) is 0. The number of thiol groups is 2. The average molecular weight is 216 g/mol. The van der Waals surface area contributed by atoms with Crippen LogP contribution in [0.3, 0.4) is 0 Å². The number of benzene rings is 2. The first-order valence-electron chi connectivity index (χ1n) is 4.43. The van der Waals surface area contributed by atoms with Crippen molar-refractivity contribution in [1.82, 2.24) is 0 Å². The SMILES string of the molecule is Sc1ccc2c3c(ccc(S)c13)C=C2. The highest BCUT2D eigenvalue weighted by molar-refractivity contribution is 7.81. The second kappa shape index (κ2) is 2.81. The Balaban J connectivity index is 2.64. The van der Waals surface area contributed by atoms with Crippen molar-refractivity contribution in [3.8, 4) is 0 Å². The molecule has 14 heavy (non-hydrogen) atoms. The fraction of sp³-hybridized carbons (Fsp3) is 0. The third kappa shape index (κ3) is 0.983. The molecule has 0 atom stereocenters. The van der Waals surface area contributed by atoms with E-state index in [1.54, 1.807) is 0 Å². The van der Waals surface area contributed by atoms with E-state index in [1.807, 2.05) is 12.1 Å². The topological polar surface area (TPSA) is 0 Å². The summed E-state index contributed by atoms with van der Waals surface area (Å²) in [4.78, 5) is 2.00. The summed E-state index contributed by atoms with van der Waals surface area (Å²) in [6.45, 7) is 0. The zero-order valence-electron chi connectivity index (χ0n) is 7.36. The summed E-state index contributed by atoms with van der Waals surface area (Å²) in [7, 11) is 0. The fourth-order valence-electron chi connectivity index (χ4n) is 1.97. The van der Waals surface area contributed by atoms with Gasteiger partial charge < -0.3 is 0 Å². The van der Waals surface area contributed by atoms with Gasteiger partial charge in [-0.25, -0.2) is 0 Å².